The van der Waals surface area contributed by atoms with E-state index in [4.69, 9.17) is 0 Å². The monoisotopic (exact) mass is 466 g/mol. The number of carbonyl (C=O) groups is 2. The number of aliphatic hydroxyl groups excluding tert-OH is 1. The van der Waals surface area contributed by atoms with Crippen LogP contribution in [0.2, 0.25) is 0 Å². The molecule has 0 bridgehead atoms. The minimum atomic E-state index is -1.52. The van der Waals surface area contributed by atoms with Crippen LogP contribution in [0.4, 0.5) is 0 Å². The van der Waals surface area contributed by atoms with Crippen LogP contribution < -0.4 is 0 Å². The number of piperidine rings is 1. The molecule has 2 fully saturated rings. The number of H-pyrrole nitrogens is 1. The molecule has 5 rings (SSSR count). The van der Waals surface area contributed by atoms with Crippen molar-refractivity contribution in [3.05, 3.63) is 47.5 Å². The molecule has 1 saturated heterocycles. The molecule has 1 aliphatic carbocycles. The van der Waals surface area contributed by atoms with Crippen molar-refractivity contribution in [1.29, 1.82) is 0 Å². The Morgan fingerprint density at radius 1 is 1.24 bits per heavy atom. The maximum atomic E-state index is 13.5. The number of nitrogens with one attached hydrogen (secondary N) is 1. The minimum Gasteiger partial charge on any atom is -0.368 e. The van der Waals surface area contributed by atoms with Crippen LogP contribution >= 0.6 is 11.3 Å². The Labute approximate surface area is 197 Å². The van der Waals surface area contributed by atoms with Crippen LogP contribution in [-0.4, -0.2) is 50.7 Å². The smallest absolute Gasteiger partial charge is 0.223 e. The average Bonchev–Trinajstić information content (AvgIpc) is 3.49. The number of aliphatic hydroxyl groups is 2. The summed E-state index contributed by atoms with van der Waals surface area (Å²) in [7, 11) is 0. The van der Waals surface area contributed by atoms with Crippen LogP contribution in [0.15, 0.2) is 41.9 Å². The van der Waals surface area contributed by atoms with Crippen LogP contribution in [0.3, 0.4) is 0 Å². The summed E-state index contributed by atoms with van der Waals surface area (Å²) in [4.78, 5) is 32.6. The number of hydrogen-bond acceptors (Lipinski definition) is 5. The van der Waals surface area contributed by atoms with Crippen molar-refractivity contribution >= 4 is 33.9 Å². The second-order valence-electron chi connectivity index (χ2n) is 9.46. The average molecular weight is 467 g/mol. The molecule has 1 saturated carbocycles. The number of benzene rings is 1. The molecular weight excluding hydrogens is 436 g/mol. The lowest BCUT2D eigenvalue weighted by atomic mass is 9.70. The Kier molecular flexibility index (Phi) is 6.12. The molecule has 1 aromatic carbocycles. The van der Waals surface area contributed by atoms with Gasteiger partial charge >= 0.3 is 0 Å². The number of fused-ring (bicyclic) bond motifs is 2. The normalized spacial score (nSPS) is 24.3. The lowest BCUT2D eigenvalue weighted by molar-refractivity contribution is -0.161. The number of likely N-dealkylation sites (tertiary alicyclic amines) is 1. The molecule has 4 atom stereocenters. The fourth-order valence-corrected chi connectivity index (χ4v) is 6.70. The number of rotatable bonds is 5. The lowest BCUT2D eigenvalue weighted by Gasteiger charge is -2.47. The van der Waals surface area contributed by atoms with Gasteiger partial charge in [0.25, 0.3) is 0 Å². The fraction of sp³-hybridized carbons (Fsp3) is 0.462. The van der Waals surface area contributed by atoms with E-state index in [-0.39, 0.29) is 23.7 Å². The van der Waals surface area contributed by atoms with E-state index in [1.54, 1.807) is 11.3 Å². The van der Waals surface area contributed by atoms with Crippen molar-refractivity contribution in [2.75, 3.05) is 6.54 Å². The number of aromatic nitrogens is 1. The molecule has 2 aliphatic rings. The molecule has 3 N–H and O–H groups in total. The van der Waals surface area contributed by atoms with Crippen molar-refractivity contribution in [2.45, 2.75) is 57.3 Å². The molecule has 33 heavy (non-hydrogen) atoms. The predicted octanol–water partition coefficient (Wildman–Crippen LogP) is 4.29. The first-order valence-corrected chi connectivity index (χ1v) is 12.7. The summed E-state index contributed by atoms with van der Waals surface area (Å²) in [6.45, 7) is 2.51. The topological polar surface area (TPSA) is 93.6 Å². The van der Waals surface area contributed by atoms with Crippen LogP contribution in [0.5, 0.6) is 0 Å². The van der Waals surface area contributed by atoms with Crippen LogP contribution in [0.1, 0.15) is 50.5 Å². The molecule has 3 heterocycles. The largest absolute Gasteiger partial charge is 0.368 e. The molecule has 4 unspecified atom stereocenters. The van der Waals surface area contributed by atoms with E-state index in [1.165, 1.54) is 10.4 Å². The minimum absolute atomic E-state index is 0.00580. The van der Waals surface area contributed by atoms with Crippen molar-refractivity contribution in [3.63, 3.8) is 0 Å². The zero-order chi connectivity index (χ0) is 23.1. The third kappa shape index (κ3) is 4.03. The van der Waals surface area contributed by atoms with E-state index in [0.29, 0.717) is 25.8 Å². The third-order valence-corrected chi connectivity index (χ3v) is 8.43. The number of carbonyl (C=O) groups excluding carboxylic acids is 2. The summed E-state index contributed by atoms with van der Waals surface area (Å²) in [5, 5.41) is 22.9. The molecule has 6 nitrogen and oxygen atoms in total. The first kappa shape index (κ1) is 22.3. The van der Waals surface area contributed by atoms with E-state index in [0.717, 1.165) is 29.3 Å². The molecule has 7 heteroatoms. The Morgan fingerprint density at radius 3 is 2.85 bits per heavy atom. The second-order valence-corrected chi connectivity index (χ2v) is 10.4. The van der Waals surface area contributed by atoms with Gasteiger partial charge in [-0.1, -0.05) is 31.5 Å². The van der Waals surface area contributed by atoms with Gasteiger partial charge in [0.1, 0.15) is 5.78 Å². The SMILES string of the molecule is CC(CC(=O)N1CCC(=O)C2C(C(O)O)CCCC21)c1c[nH]c2cccc(-c3cccs3)c12. The number of nitrogens with zero attached hydrogens (tertiary/aromatic N) is 1. The van der Waals surface area contributed by atoms with Crippen molar-refractivity contribution < 1.29 is 19.8 Å². The first-order chi connectivity index (χ1) is 16.0. The number of hydrogen-bond donors (Lipinski definition) is 3. The molecule has 2 aromatic heterocycles. The van der Waals surface area contributed by atoms with Gasteiger partial charge in [-0.05, 0) is 41.8 Å². The van der Waals surface area contributed by atoms with Gasteiger partial charge in [-0.25, -0.2) is 0 Å². The summed E-state index contributed by atoms with van der Waals surface area (Å²) in [5.74, 6) is -0.837. The summed E-state index contributed by atoms with van der Waals surface area (Å²) in [6.07, 6.45) is 3.30. The molecule has 3 aromatic rings. The second kappa shape index (κ2) is 9.05. The van der Waals surface area contributed by atoms with Crippen molar-refractivity contribution in [2.24, 2.45) is 11.8 Å². The highest BCUT2D eigenvalue weighted by Gasteiger charge is 2.47. The van der Waals surface area contributed by atoms with E-state index >= 15 is 0 Å². The van der Waals surface area contributed by atoms with Gasteiger partial charge in [0.2, 0.25) is 5.91 Å². The summed E-state index contributed by atoms with van der Waals surface area (Å²) in [6, 6.07) is 10.2. The number of aromatic amines is 1. The van der Waals surface area contributed by atoms with E-state index in [9.17, 15) is 19.8 Å². The summed E-state index contributed by atoms with van der Waals surface area (Å²) in [5.41, 5.74) is 3.36. The van der Waals surface area contributed by atoms with E-state index < -0.39 is 18.1 Å². The number of Topliss-reactive ketones (excluding diaryl/α,β-unsaturated/α-hetero) is 1. The van der Waals surface area contributed by atoms with Gasteiger partial charge in [-0.3, -0.25) is 9.59 Å². The fourth-order valence-electron chi connectivity index (χ4n) is 5.94. The Bertz CT molecular complexity index is 1150. The molecule has 1 aliphatic heterocycles. The predicted molar refractivity (Wildman–Crippen MR) is 129 cm³/mol. The quantitative estimate of drug-likeness (QED) is 0.489. The molecule has 1 amide bonds. The highest BCUT2D eigenvalue weighted by molar-refractivity contribution is 7.13. The standard InChI is InChI=1S/C26H30N2O4S/c1-15(18-14-27-19-7-2-5-16(24(18)19)22-9-4-12-33-22)13-23(30)28-11-10-21(29)25-17(26(31)32)6-3-8-20(25)28/h2,4-5,7,9,12,14-15,17,20,25-27,31-32H,3,6,8,10-11,13H2,1H3. The molecule has 174 valence electrons. The summed E-state index contributed by atoms with van der Waals surface area (Å²) < 4.78 is 0. The highest BCUT2D eigenvalue weighted by atomic mass is 32.1. The van der Waals surface area contributed by atoms with Gasteiger partial charge in [-0.15, -0.1) is 11.3 Å². The third-order valence-electron chi connectivity index (χ3n) is 7.52. The van der Waals surface area contributed by atoms with Gasteiger partial charge in [-0.2, -0.15) is 0 Å². The van der Waals surface area contributed by atoms with Crippen LogP contribution in [0.25, 0.3) is 21.3 Å². The van der Waals surface area contributed by atoms with Gasteiger partial charge in [0.05, 0.1) is 0 Å². The Balaban J connectivity index is 1.39. The van der Waals surface area contributed by atoms with Crippen molar-refractivity contribution in [1.82, 2.24) is 9.88 Å². The highest BCUT2D eigenvalue weighted by Crippen LogP contribution is 2.41. The van der Waals surface area contributed by atoms with Gasteiger partial charge in [0, 0.05) is 64.8 Å². The maximum Gasteiger partial charge on any atom is 0.223 e. The van der Waals surface area contributed by atoms with Crippen LogP contribution in [0, 0.1) is 11.8 Å². The maximum absolute atomic E-state index is 13.5. The van der Waals surface area contributed by atoms with Gasteiger partial charge < -0.3 is 20.1 Å². The van der Waals surface area contributed by atoms with E-state index in [2.05, 4.69) is 35.5 Å². The molecular formula is C26H30N2O4S. The number of ketones is 1. The molecule has 0 spiro atoms. The lowest BCUT2D eigenvalue weighted by Crippen LogP contribution is -2.57. The summed E-state index contributed by atoms with van der Waals surface area (Å²) >= 11 is 1.70. The number of amides is 1. The van der Waals surface area contributed by atoms with Crippen molar-refractivity contribution in [3.8, 4) is 10.4 Å². The Morgan fingerprint density at radius 2 is 2.09 bits per heavy atom. The molecule has 0 radical (unpaired) electrons. The first-order valence-electron chi connectivity index (χ1n) is 11.8. The zero-order valence-corrected chi connectivity index (χ0v) is 19.6. The zero-order valence-electron chi connectivity index (χ0n) is 18.7. The van der Waals surface area contributed by atoms with Gasteiger partial charge in [0.15, 0.2) is 6.29 Å². The van der Waals surface area contributed by atoms with Crippen LogP contribution in [-0.2, 0) is 9.59 Å². The van der Waals surface area contributed by atoms with E-state index in [1.807, 2.05) is 23.2 Å². The Hall–Kier alpha value is -2.48. The number of thiophene rings is 1.